The van der Waals surface area contributed by atoms with E-state index in [-0.39, 0.29) is 24.2 Å². The number of benzene rings is 1. The molecule has 0 saturated carbocycles. The van der Waals surface area contributed by atoms with Gasteiger partial charge in [-0.2, -0.15) is 0 Å². The highest BCUT2D eigenvalue weighted by Gasteiger charge is 2.22. The third-order valence-electron chi connectivity index (χ3n) is 2.35. The van der Waals surface area contributed by atoms with E-state index in [1.54, 1.807) is 0 Å². The molecule has 6 heteroatoms. The average Bonchev–Trinajstić information content (AvgIpc) is 2.34. The van der Waals surface area contributed by atoms with Crippen molar-refractivity contribution in [2.45, 2.75) is 19.3 Å². The normalized spacial score (nSPS) is 11.0. The maximum Gasteiger partial charge on any atom is 0.270 e. The van der Waals surface area contributed by atoms with E-state index in [1.807, 2.05) is 0 Å². The lowest BCUT2D eigenvalue weighted by molar-refractivity contribution is 0.138. The topological polar surface area (TPSA) is 9.23 Å². The summed E-state index contributed by atoms with van der Waals surface area (Å²) in [6.45, 7) is -1.92. The fraction of sp³-hybridized carbons (Fsp3) is 0.500. The van der Waals surface area contributed by atoms with Gasteiger partial charge in [0.05, 0.1) is 12.2 Å². The second kappa shape index (κ2) is 7.18. The predicted octanol–water partition coefficient (Wildman–Crippen LogP) is 4.01. The summed E-state index contributed by atoms with van der Waals surface area (Å²) in [6.07, 6.45) is -2.97. The van der Waals surface area contributed by atoms with Crippen LogP contribution in [0, 0.1) is 5.82 Å². The van der Waals surface area contributed by atoms with Gasteiger partial charge in [0, 0.05) is 0 Å². The van der Waals surface area contributed by atoms with Crippen LogP contribution in [0.5, 0.6) is 5.75 Å². The zero-order chi connectivity index (χ0) is 13.5. The van der Waals surface area contributed by atoms with Gasteiger partial charge in [-0.1, -0.05) is 6.07 Å². The zero-order valence-corrected chi connectivity index (χ0v) is 9.57. The summed E-state index contributed by atoms with van der Waals surface area (Å²) in [5.74, 6) is -1.47. The van der Waals surface area contributed by atoms with Crippen LogP contribution in [0.2, 0.25) is 0 Å². The summed E-state index contributed by atoms with van der Waals surface area (Å²) in [5, 5.41) is 0. The summed E-state index contributed by atoms with van der Waals surface area (Å²) in [6, 6.07) is 2.41. The first-order chi connectivity index (χ1) is 8.61. The van der Waals surface area contributed by atoms with Crippen LogP contribution in [0.3, 0.4) is 0 Å². The van der Waals surface area contributed by atoms with Crippen LogP contribution in [-0.4, -0.2) is 20.0 Å². The second-order valence-corrected chi connectivity index (χ2v) is 3.58. The van der Waals surface area contributed by atoms with Crippen molar-refractivity contribution in [2.24, 2.45) is 0 Å². The van der Waals surface area contributed by atoms with E-state index < -0.39 is 37.8 Å². The monoisotopic (exact) mass is 268 g/mol. The molecule has 0 N–H and O–H groups in total. The fourth-order valence-corrected chi connectivity index (χ4v) is 1.55. The van der Waals surface area contributed by atoms with Crippen LogP contribution in [0.4, 0.5) is 22.0 Å². The van der Waals surface area contributed by atoms with Crippen molar-refractivity contribution in [1.29, 1.82) is 0 Å². The Hall–Kier alpha value is -1.33. The Labute approximate surface area is 102 Å². The van der Waals surface area contributed by atoms with Crippen LogP contribution in [0.1, 0.15) is 24.0 Å². The minimum Gasteiger partial charge on any atom is -0.490 e. The first-order valence-electron chi connectivity index (χ1n) is 5.46. The zero-order valence-electron chi connectivity index (χ0n) is 9.57. The lowest BCUT2D eigenvalue weighted by Gasteiger charge is -2.13. The molecule has 1 rings (SSSR count). The molecule has 0 radical (unpaired) electrons. The van der Waals surface area contributed by atoms with Crippen LogP contribution in [-0.2, 0) is 6.42 Å². The molecule has 0 fully saturated rings. The lowest BCUT2D eigenvalue weighted by Crippen LogP contribution is -2.06. The van der Waals surface area contributed by atoms with E-state index in [4.69, 9.17) is 4.74 Å². The van der Waals surface area contributed by atoms with Gasteiger partial charge in [0.1, 0.15) is 24.8 Å². The SMILES string of the molecule is FCCCc1ccc(OCCF)c(C(F)F)c1F. The maximum atomic E-state index is 13.8. The van der Waals surface area contributed by atoms with Crippen molar-refractivity contribution >= 4 is 0 Å². The first-order valence-corrected chi connectivity index (χ1v) is 5.46. The molecule has 0 atom stereocenters. The fourth-order valence-electron chi connectivity index (χ4n) is 1.55. The number of halogens is 5. The van der Waals surface area contributed by atoms with E-state index in [2.05, 4.69) is 0 Å². The van der Waals surface area contributed by atoms with E-state index in [0.29, 0.717) is 0 Å². The highest BCUT2D eigenvalue weighted by molar-refractivity contribution is 5.40. The number of hydrogen-bond donors (Lipinski definition) is 0. The Balaban J connectivity index is 3.03. The minimum atomic E-state index is -3.06. The van der Waals surface area contributed by atoms with Crippen molar-refractivity contribution in [3.63, 3.8) is 0 Å². The van der Waals surface area contributed by atoms with E-state index >= 15 is 0 Å². The molecule has 18 heavy (non-hydrogen) atoms. The highest BCUT2D eigenvalue weighted by atomic mass is 19.3. The third-order valence-corrected chi connectivity index (χ3v) is 2.35. The molecule has 1 nitrogen and oxygen atoms in total. The molecule has 0 unspecified atom stereocenters. The van der Waals surface area contributed by atoms with E-state index in [9.17, 15) is 22.0 Å². The number of hydrogen-bond acceptors (Lipinski definition) is 1. The molecule has 0 aliphatic heterocycles. The molecule has 0 aliphatic carbocycles. The number of ether oxygens (including phenoxy) is 1. The molecule has 0 bridgehead atoms. The van der Waals surface area contributed by atoms with E-state index in [0.717, 1.165) is 6.07 Å². The van der Waals surface area contributed by atoms with Gasteiger partial charge in [-0.25, -0.2) is 17.6 Å². The quantitative estimate of drug-likeness (QED) is 0.679. The van der Waals surface area contributed by atoms with Crippen LogP contribution < -0.4 is 4.74 Å². The molecule has 102 valence electrons. The van der Waals surface area contributed by atoms with Crippen molar-refractivity contribution in [1.82, 2.24) is 0 Å². The molecule has 0 amide bonds. The summed E-state index contributed by atoms with van der Waals surface area (Å²) < 4.78 is 67.8. The molecule has 0 saturated heterocycles. The van der Waals surface area contributed by atoms with Gasteiger partial charge >= 0.3 is 0 Å². The van der Waals surface area contributed by atoms with Gasteiger partial charge in [0.2, 0.25) is 0 Å². The Bertz CT molecular complexity index is 381. The van der Waals surface area contributed by atoms with Crippen LogP contribution in [0.25, 0.3) is 0 Å². The predicted molar refractivity (Wildman–Crippen MR) is 57.1 cm³/mol. The Morgan fingerprint density at radius 3 is 2.39 bits per heavy atom. The van der Waals surface area contributed by atoms with Crippen LogP contribution in [0.15, 0.2) is 12.1 Å². The number of alkyl halides is 4. The van der Waals surface area contributed by atoms with Gasteiger partial charge in [-0.3, -0.25) is 4.39 Å². The first kappa shape index (κ1) is 14.7. The summed E-state index contributed by atoms with van der Waals surface area (Å²) in [7, 11) is 0. The summed E-state index contributed by atoms with van der Waals surface area (Å²) >= 11 is 0. The molecule has 0 heterocycles. The van der Waals surface area contributed by atoms with Gasteiger partial charge in [-0.15, -0.1) is 0 Å². The van der Waals surface area contributed by atoms with E-state index in [1.165, 1.54) is 6.07 Å². The van der Waals surface area contributed by atoms with Gasteiger partial charge in [0.15, 0.2) is 0 Å². The molecular weight excluding hydrogens is 255 g/mol. The standard InChI is InChI=1S/C12H13F5O/c13-5-1-2-8-3-4-9(18-7-6-14)10(11(8)15)12(16)17/h3-4,12H,1-2,5-7H2. The van der Waals surface area contributed by atoms with Gasteiger partial charge in [0.25, 0.3) is 6.43 Å². The van der Waals surface area contributed by atoms with Crippen LogP contribution >= 0.6 is 0 Å². The average molecular weight is 268 g/mol. The third kappa shape index (κ3) is 3.58. The molecule has 0 aromatic heterocycles. The number of aryl methyl sites for hydroxylation is 1. The van der Waals surface area contributed by atoms with Crippen molar-refractivity contribution in [3.05, 3.63) is 29.1 Å². The smallest absolute Gasteiger partial charge is 0.270 e. The minimum absolute atomic E-state index is 0.00977. The maximum absolute atomic E-state index is 13.8. The molecule has 0 spiro atoms. The molecule has 1 aromatic carbocycles. The van der Waals surface area contributed by atoms with Crippen molar-refractivity contribution in [3.8, 4) is 5.75 Å². The largest absolute Gasteiger partial charge is 0.490 e. The molecular formula is C12H13F5O. The molecule has 0 aliphatic rings. The van der Waals surface area contributed by atoms with Crippen molar-refractivity contribution < 1.29 is 26.7 Å². The van der Waals surface area contributed by atoms with Crippen molar-refractivity contribution in [2.75, 3.05) is 20.0 Å². The summed E-state index contributed by atoms with van der Waals surface area (Å²) in [4.78, 5) is 0. The summed E-state index contributed by atoms with van der Waals surface area (Å²) in [5.41, 5.74) is -0.879. The Morgan fingerprint density at radius 1 is 1.11 bits per heavy atom. The molecule has 1 aromatic rings. The second-order valence-electron chi connectivity index (χ2n) is 3.58. The highest BCUT2D eigenvalue weighted by Crippen LogP contribution is 2.33. The van der Waals surface area contributed by atoms with Gasteiger partial charge in [-0.05, 0) is 24.5 Å². The Morgan fingerprint density at radius 2 is 1.83 bits per heavy atom. The number of rotatable bonds is 7. The Kier molecular flexibility index (Phi) is 5.88. The van der Waals surface area contributed by atoms with Gasteiger partial charge < -0.3 is 4.74 Å². The lowest BCUT2D eigenvalue weighted by atomic mass is 10.0.